The highest BCUT2D eigenvalue weighted by molar-refractivity contribution is 14.1. The van der Waals surface area contributed by atoms with Gasteiger partial charge in [0.25, 0.3) is 11.2 Å². The fourth-order valence-electron chi connectivity index (χ4n) is 5.79. The van der Waals surface area contributed by atoms with E-state index in [0.29, 0.717) is 14.4 Å². The summed E-state index contributed by atoms with van der Waals surface area (Å²) in [6.07, 6.45) is 3.64. The largest absolute Gasteiger partial charge is 0.487 e. The molecule has 0 saturated heterocycles. The van der Waals surface area contributed by atoms with Crippen molar-refractivity contribution >= 4 is 85.6 Å². The molecule has 1 aliphatic heterocycles. The van der Waals surface area contributed by atoms with E-state index in [-0.39, 0.29) is 23.9 Å². The van der Waals surface area contributed by atoms with Crippen molar-refractivity contribution in [1.29, 1.82) is 0 Å². The maximum absolute atomic E-state index is 14.1. The first-order valence-electron chi connectivity index (χ1n) is 14.0. The molecule has 0 spiro atoms. The molecule has 224 valence electrons. The zero-order valence-electron chi connectivity index (χ0n) is 23.4. The van der Waals surface area contributed by atoms with Crippen LogP contribution in [0.15, 0.2) is 100 Å². The number of allylic oxidation sites excluding steroid dienone is 1. The number of non-ortho nitro benzene ring substituents is 1. The maximum Gasteiger partial charge on any atom is 0.271 e. The standard InChI is InChI=1S/C34H22ClI2N3O4S/c35-23-10-7-22(8-11-23)31-26-14-9-21-3-1-2-4-25(21)30(26)38-34-39(31)33(41)29(45-34)17-20-15-27(36)32(28(37)16-20)44-18-19-5-12-24(13-6-19)40(42)43/h1-8,10-13,15-17,31H,9,14,18H2/b29-17+/t31-/m0/s1. The second-order valence-electron chi connectivity index (χ2n) is 10.7. The van der Waals surface area contributed by atoms with Gasteiger partial charge in [0, 0.05) is 22.7 Å². The Balaban J connectivity index is 1.27. The molecule has 0 fully saturated rings. The number of rotatable bonds is 6. The zero-order valence-corrected chi connectivity index (χ0v) is 29.3. The molecule has 1 aliphatic carbocycles. The molecule has 5 aromatic rings. The van der Waals surface area contributed by atoms with Crippen molar-refractivity contribution in [2.24, 2.45) is 4.99 Å². The van der Waals surface area contributed by atoms with Gasteiger partial charge in [-0.15, -0.1) is 0 Å². The molecule has 0 unspecified atom stereocenters. The third-order valence-corrected chi connectivity index (χ3v) is 10.7. The Labute approximate surface area is 294 Å². The van der Waals surface area contributed by atoms with Crippen molar-refractivity contribution in [3.63, 3.8) is 0 Å². The lowest BCUT2D eigenvalue weighted by molar-refractivity contribution is -0.384. The van der Waals surface area contributed by atoms with Crippen LogP contribution in [0.5, 0.6) is 5.75 Å². The first-order valence-corrected chi connectivity index (χ1v) is 17.4. The van der Waals surface area contributed by atoms with Gasteiger partial charge in [-0.3, -0.25) is 19.5 Å². The van der Waals surface area contributed by atoms with Crippen LogP contribution in [-0.2, 0) is 13.0 Å². The van der Waals surface area contributed by atoms with Crippen molar-refractivity contribution in [2.45, 2.75) is 25.5 Å². The maximum atomic E-state index is 14.1. The molecular weight excluding hydrogens is 836 g/mol. The highest BCUT2D eigenvalue weighted by Crippen LogP contribution is 2.41. The van der Waals surface area contributed by atoms with Gasteiger partial charge in [0.05, 0.1) is 28.3 Å². The van der Waals surface area contributed by atoms with Crippen molar-refractivity contribution in [3.8, 4) is 5.75 Å². The molecule has 1 aromatic heterocycles. The Hall–Kier alpha value is -3.33. The Morgan fingerprint density at radius 3 is 2.44 bits per heavy atom. The van der Waals surface area contributed by atoms with Gasteiger partial charge < -0.3 is 4.74 Å². The summed E-state index contributed by atoms with van der Waals surface area (Å²) in [7, 11) is 0. The fraction of sp³-hybridized carbons (Fsp3) is 0.118. The third-order valence-electron chi connectivity index (χ3n) is 7.91. The average molecular weight is 858 g/mol. The molecule has 45 heavy (non-hydrogen) atoms. The van der Waals surface area contributed by atoms with Gasteiger partial charge in [-0.2, -0.15) is 0 Å². The van der Waals surface area contributed by atoms with Gasteiger partial charge in [-0.05, 0) is 128 Å². The third kappa shape index (κ3) is 5.88. The second kappa shape index (κ2) is 12.5. The van der Waals surface area contributed by atoms with E-state index in [9.17, 15) is 14.9 Å². The second-order valence-corrected chi connectivity index (χ2v) is 14.5. The van der Waals surface area contributed by atoms with Gasteiger partial charge in [0.15, 0.2) is 4.80 Å². The summed E-state index contributed by atoms with van der Waals surface area (Å²) in [5.41, 5.74) is 7.20. The average Bonchev–Trinajstić information content (AvgIpc) is 3.34. The minimum Gasteiger partial charge on any atom is -0.487 e. The summed E-state index contributed by atoms with van der Waals surface area (Å²) in [5, 5.41) is 11.6. The summed E-state index contributed by atoms with van der Waals surface area (Å²) in [6, 6.07) is 26.2. The fourth-order valence-corrected chi connectivity index (χ4v) is 9.04. The molecule has 0 saturated carbocycles. The van der Waals surface area contributed by atoms with Crippen molar-refractivity contribution in [3.05, 3.63) is 160 Å². The molecule has 0 bridgehead atoms. The van der Waals surface area contributed by atoms with Crippen molar-refractivity contribution in [2.75, 3.05) is 0 Å². The monoisotopic (exact) mass is 857 g/mol. The number of nitrogens with zero attached hydrogens (tertiary/aromatic N) is 3. The SMILES string of the molecule is O=c1/c(=C\c2cc(I)c(OCc3ccc([N+](=O)[O-])cc3)c(I)c2)sc2n1[C@@H](c1ccc(Cl)cc1)C1=C(N=2)c2ccccc2CC1. The van der Waals surface area contributed by atoms with Crippen LogP contribution in [0.2, 0.25) is 5.02 Å². The van der Waals surface area contributed by atoms with Crippen LogP contribution in [0.4, 0.5) is 5.69 Å². The Morgan fingerprint density at radius 2 is 1.73 bits per heavy atom. The molecule has 0 N–H and O–H groups in total. The lowest BCUT2D eigenvalue weighted by atomic mass is 9.83. The first-order chi connectivity index (χ1) is 21.8. The van der Waals surface area contributed by atoms with E-state index in [2.05, 4.69) is 63.4 Å². The number of ether oxygens (including phenoxy) is 1. The number of benzene rings is 4. The summed E-state index contributed by atoms with van der Waals surface area (Å²) in [6.45, 7) is 0.278. The number of nitro groups is 1. The summed E-state index contributed by atoms with van der Waals surface area (Å²) in [5.74, 6) is 0.724. The van der Waals surface area contributed by atoms with Crippen LogP contribution in [0, 0.1) is 17.3 Å². The Morgan fingerprint density at radius 1 is 1.02 bits per heavy atom. The molecule has 1 atom stereocenters. The number of hydrogen-bond acceptors (Lipinski definition) is 6. The lowest BCUT2D eigenvalue weighted by Gasteiger charge is -2.30. The van der Waals surface area contributed by atoms with Gasteiger partial charge in [-0.1, -0.05) is 59.3 Å². The normalized spacial score (nSPS) is 15.6. The lowest BCUT2D eigenvalue weighted by Crippen LogP contribution is -2.38. The number of aromatic nitrogens is 1. The molecule has 2 aliphatic rings. The number of thiazole rings is 1. The van der Waals surface area contributed by atoms with E-state index in [1.807, 2.05) is 53.1 Å². The van der Waals surface area contributed by atoms with Crippen LogP contribution in [0.3, 0.4) is 0 Å². The smallest absolute Gasteiger partial charge is 0.271 e. The van der Waals surface area contributed by atoms with Crippen LogP contribution >= 0.6 is 68.1 Å². The summed E-state index contributed by atoms with van der Waals surface area (Å²) in [4.78, 5) is 30.4. The zero-order chi connectivity index (χ0) is 31.2. The predicted molar refractivity (Wildman–Crippen MR) is 194 cm³/mol. The number of hydrogen-bond donors (Lipinski definition) is 0. The van der Waals surface area contributed by atoms with E-state index in [4.69, 9.17) is 21.3 Å². The minimum atomic E-state index is -0.419. The van der Waals surface area contributed by atoms with Crippen molar-refractivity contribution < 1.29 is 9.66 Å². The van der Waals surface area contributed by atoms with Crippen molar-refractivity contribution in [1.82, 2.24) is 4.57 Å². The van der Waals surface area contributed by atoms with E-state index >= 15 is 0 Å². The van der Waals surface area contributed by atoms with E-state index in [0.717, 1.165) is 59.3 Å². The molecular formula is C34H22ClI2N3O4S. The van der Waals surface area contributed by atoms with Crippen LogP contribution in [0.1, 0.15) is 40.3 Å². The van der Waals surface area contributed by atoms with Gasteiger partial charge >= 0.3 is 0 Å². The van der Waals surface area contributed by atoms with E-state index in [1.165, 1.54) is 29.0 Å². The molecule has 0 radical (unpaired) electrons. The van der Waals surface area contributed by atoms with Crippen LogP contribution in [0.25, 0.3) is 11.8 Å². The van der Waals surface area contributed by atoms with Gasteiger partial charge in [-0.25, -0.2) is 4.99 Å². The minimum absolute atomic E-state index is 0.0435. The van der Waals surface area contributed by atoms with Gasteiger partial charge in [0.1, 0.15) is 12.4 Å². The topological polar surface area (TPSA) is 86.7 Å². The molecule has 0 amide bonds. The predicted octanol–water partition coefficient (Wildman–Crippen LogP) is 7.67. The molecule has 7 nitrogen and oxygen atoms in total. The Kier molecular flexibility index (Phi) is 8.40. The summed E-state index contributed by atoms with van der Waals surface area (Å²) >= 11 is 12.1. The number of halogens is 3. The van der Waals surface area contributed by atoms with Gasteiger partial charge in [0.2, 0.25) is 0 Å². The number of aryl methyl sites for hydroxylation is 1. The highest BCUT2D eigenvalue weighted by atomic mass is 127. The first kappa shape index (κ1) is 30.3. The molecule has 2 heterocycles. The van der Waals surface area contributed by atoms with Crippen LogP contribution < -0.4 is 19.6 Å². The molecule has 11 heteroatoms. The number of nitro benzene ring substituents is 1. The summed E-state index contributed by atoms with van der Waals surface area (Å²) < 4.78 is 10.3. The van der Waals surface area contributed by atoms with E-state index < -0.39 is 4.92 Å². The quantitative estimate of drug-likeness (QED) is 0.0998. The Bertz CT molecular complexity index is 2190. The number of fused-ring (bicyclic) bond motifs is 3. The van der Waals surface area contributed by atoms with E-state index in [1.54, 1.807) is 12.1 Å². The molecule has 4 aromatic carbocycles. The highest BCUT2D eigenvalue weighted by Gasteiger charge is 2.32. The van der Waals surface area contributed by atoms with Crippen LogP contribution in [-0.4, -0.2) is 9.49 Å². The molecule has 7 rings (SSSR count).